The Kier molecular flexibility index (Phi) is 4.11. The lowest BCUT2D eigenvalue weighted by molar-refractivity contribution is -0.757. The summed E-state index contributed by atoms with van der Waals surface area (Å²) in [6, 6.07) is 0. The SMILES string of the molecule is O=COCCO[N+](=O)[O-]. The van der Waals surface area contributed by atoms with E-state index in [0.29, 0.717) is 0 Å². The number of hydrogen-bond donors (Lipinski definition) is 0. The van der Waals surface area contributed by atoms with E-state index in [9.17, 15) is 14.9 Å². The zero-order valence-electron chi connectivity index (χ0n) is 4.48. The van der Waals surface area contributed by atoms with Gasteiger partial charge in [-0.15, -0.1) is 10.1 Å². The van der Waals surface area contributed by atoms with E-state index in [2.05, 4.69) is 9.57 Å². The summed E-state index contributed by atoms with van der Waals surface area (Å²) in [7, 11) is 0. The minimum Gasteiger partial charge on any atom is -0.466 e. The fourth-order valence-electron chi connectivity index (χ4n) is 0.208. The fraction of sp³-hybridized carbons (Fsp3) is 0.667. The highest BCUT2D eigenvalue weighted by Gasteiger charge is 1.91. The molecular weight excluding hydrogens is 130 g/mol. The van der Waals surface area contributed by atoms with E-state index >= 15 is 0 Å². The molecule has 52 valence electrons. The lowest BCUT2D eigenvalue weighted by atomic mass is 10.8. The topological polar surface area (TPSA) is 78.7 Å². The normalized spacial score (nSPS) is 8.00. The summed E-state index contributed by atoms with van der Waals surface area (Å²) in [5.41, 5.74) is 0. The molecule has 0 unspecified atom stereocenters. The molecule has 0 fully saturated rings. The smallest absolute Gasteiger partial charge is 0.294 e. The Hall–Kier alpha value is -1.33. The summed E-state index contributed by atoms with van der Waals surface area (Å²) in [5.74, 6) is 0. The largest absolute Gasteiger partial charge is 0.466 e. The van der Waals surface area contributed by atoms with Gasteiger partial charge in [0.05, 0.1) is 0 Å². The van der Waals surface area contributed by atoms with Crippen molar-refractivity contribution in [2.75, 3.05) is 13.2 Å². The average Bonchev–Trinajstić information content (AvgIpc) is 1.80. The van der Waals surface area contributed by atoms with E-state index in [0.717, 1.165) is 0 Å². The second-order valence-electron chi connectivity index (χ2n) is 1.02. The van der Waals surface area contributed by atoms with Crippen molar-refractivity contribution in [2.24, 2.45) is 0 Å². The van der Waals surface area contributed by atoms with Crippen molar-refractivity contribution < 1.29 is 19.5 Å². The van der Waals surface area contributed by atoms with E-state index in [1.54, 1.807) is 0 Å². The highest BCUT2D eigenvalue weighted by atomic mass is 17.0. The first-order chi connectivity index (χ1) is 4.27. The van der Waals surface area contributed by atoms with Crippen molar-refractivity contribution in [3.63, 3.8) is 0 Å². The molecule has 0 aromatic heterocycles. The lowest BCUT2D eigenvalue weighted by Gasteiger charge is -1.94. The predicted octanol–water partition coefficient (Wildman–Crippen LogP) is -0.632. The summed E-state index contributed by atoms with van der Waals surface area (Å²) < 4.78 is 4.07. The molecule has 0 amide bonds. The third kappa shape index (κ3) is 6.67. The molecule has 0 spiro atoms. The van der Waals surface area contributed by atoms with Crippen LogP contribution in [0, 0.1) is 10.1 Å². The van der Waals surface area contributed by atoms with Crippen molar-refractivity contribution in [3.05, 3.63) is 10.1 Å². The molecule has 0 aliphatic rings. The third-order valence-corrected chi connectivity index (χ3v) is 0.466. The summed E-state index contributed by atoms with van der Waals surface area (Å²) in [4.78, 5) is 22.6. The van der Waals surface area contributed by atoms with E-state index < -0.39 is 5.09 Å². The van der Waals surface area contributed by atoms with E-state index in [-0.39, 0.29) is 19.7 Å². The van der Waals surface area contributed by atoms with E-state index in [1.165, 1.54) is 0 Å². The third-order valence-electron chi connectivity index (χ3n) is 0.466. The predicted molar refractivity (Wildman–Crippen MR) is 25.0 cm³/mol. The summed E-state index contributed by atoms with van der Waals surface area (Å²) in [5, 5.41) is 8.45. The lowest BCUT2D eigenvalue weighted by Crippen LogP contribution is -2.07. The van der Waals surface area contributed by atoms with Gasteiger partial charge in [0.15, 0.2) is 0 Å². The van der Waals surface area contributed by atoms with Crippen LogP contribution in [0.3, 0.4) is 0 Å². The van der Waals surface area contributed by atoms with Crippen LogP contribution in [0.25, 0.3) is 0 Å². The second kappa shape index (κ2) is 4.82. The standard InChI is InChI=1S/C3H5NO5/c5-3-8-1-2-9-4(6)7/h3H,1-2H2. The summed E-state index contributed by atoms with van der Waals surface area (Å²) in [6.07, 6.45) is 0. The molecule has 0 rings (SSSR count). The average molecular weight is 135 g/mol. The molecule has 6 nitrogen and oxygen atoms in total. The van der Waals surface area contributed by atoms with Gasteiger partial charge in [0.25, 0.3) is 11.6 Å². The molecule has 0 N–H and O–H groups in total. The zero-order chi connectivity index (χ0) is 7.11. The van der Waals surface area contributed by atoms with Gasteiger partial charge in [-0.1, -0.05) is 0 Å². The molecule has 0 aromatic rings. The number of rotatable bonds is 5. The Morgan fingerprint density at radius 3 is 2.67 bits per heavy atom. The molecular formula is C3H5NO5. The maximum atomic E-state index is 9.40. The van der Waals surface area contributed by atoms with Gasteiger partial charge in [0.2, 0.25) is 0 Å². The molecule has 0 aromatic carbocycles. The quantitative estimate of drug-likeness (QED) is 0.217. The summed E-state index contributed by atoms with van der Waals surface area (Å²) in [6.45, 7) is -0.112. The number of nitrogens with zero attached hydrogens (tertiary/aromatic N) is 1. The first-order valence-corrected chi connectivity index (χ1v) is 2.10. The van der Waals surface area contributed by atoms with Gasteiger partial charge in [-0.25, -0.2) is 0 Å². The molecule has 0 saturated heterocycles. The first kappa shape index (κ1) is 7.67. The monoisotopic (exact) mass is 135 g/mol. The first-order valence-electron chi connectivity index (χ1n) is 2.10. The highest BCUT2D eigenvalue weighted by molar-refractivity contribution is 5.36. The van der Waals surface area contributed by atoms with E-state index in [4.69, 9.17) is 0 Å². The Labute approximate surface area is 50.5 Å². The Morgan fingerprint density at radius 2 is 2.22 bits per heavy atom. The maximum Gasteiger partial charge on any atom is 0.294 e. The summed E-state index contributed by atoms with van der Waals surface area (Å²) >= 11 is 0. The minimum atomic E-state index is -0.950. The van der Waals surface area contributed by atoms with E-state index in [1.807, 2.05) is 0 Å². The van der Waals surface area contributed by atoms with Crippen molar-refractivity contribution in [2.45, 2.75) is 0 Å². The van der Waals surface area contributed by atoms with Crippen LogP contribution >= 0.6 is 0 Å². The number of hydrogen-bond acceptors (Lipinski definition) is 5. The van der Waals surface area contributed by atoms with Crippen molar-refractivity contribution in [3.8, 4) is 0 Å². The number of ether oxygens (including phenoxy) is 1. The van der Waals surface area contributed by atoms with Crippen molar-refractivity contribution in [1.29, 1.82) is 0 Å². The molecule has 0 radical (unpaired) electrons. The van der Waals surface area contributed by atoms with Crippen LogP contribution < -0.4 is 0 Å². The van der Waals surface area contributed by atoms with Gasteiger partial charge in [0.1, 0.15) is 13.2 Å². The maximum absolute atomic E-state index is 9.40. The zero-order valence-corrected chi connectivity index (χ0v) is 4.48. The Balaban J connectivity index is 2.91. The molecule has 0 atom stereocenters. The Morgan fingerprint density at radius 1 is 1.56 bits per heavy atom. The fourth-order valence-corrected chi connectivity index (χ4v) is 0.208. The van der Waals surface area contributed by atoms with Crippen LogP contribution in [0.2, 0.25) is 0 Å². The minimum absolute atomic E-state index is 0.0928. The molecule has 0 aliphatic heterocycles. The van der Waals surface area contributed by atoms with Crippen LogP contribution in [-0.2, 0) is 14.4 Å². The molecule has 9 heavy (non-hydrogen) atoms. The van der Waals surface area contributed by atoms with Gasteiger partial charge >= 0.3 is 0 Å². The highest BCUT2D eigenvalue weighted by Crippen LogP contribution is 1.74. The van der Waals surface area contributed by atoms with Crippen molar-refractivity contribution in [1.82, 2.24) is 0 Å². The molecule has 0 heterocycles. The Bertz CT molecular complexity index is 102. The van der Waals surface area contributed by atoms with Gasteiger partial charge in [-0.05, 0) is 0 Å². The molecule has 0 bridgehead atoms. The van der Waals surface area contributed by atoms with Crippen molar-refractivity contribution >= 4 is 6.47 Å². The molecule has 0 aliphatic carbocycles. The van der Waals surface area contributed by atoms with Crippen LogP contribution in [-0.4, -0.2) is 24.8 Å². The van der Waals surface area contributed by atoms with Crippen LogP contribution in [0.1, 0.15) is 0 Å². The number of carbonyl (C=O) groups excluding carboxylic acids is 1. The van der Waals surface area contributed by atoms with Crippen LogP contribution in [0.15, 0.2) is 0 Å². The van der Waals surface area contributed by atoms with Gasteiger partial charge in [-0.2, -0.15) is 0 Å². The molecule has 6 heteroatoms. The molecule has 0 saturated carbocycles. The van der Waals surface area contributed by atoms with Gasteiger partial charge < -0.3 is 9.57 Å². The van der Waals surface area contributed by atoms with Crippen LogP contribution in [0.5, 0.6) is 0 Å². The van der Waals surface area contributed by atoms with Gasteiger partial charge in [-0.3, -0.25) is 4.79 Å². The van der Waals surface area contributed by atoms with Gasteiger partial charge in [0, 0.05) is 0 Å². The second-order valence-corrected chi connectivity index (χ2v) is 1.02. The number of carbonyl (C=O) groups is 1. The van der Waals surface area contributed by atoms with Crippen LogP contribution in [0.4, 0.5) is 0 Å².